The van der Waals surface area contributed by atoms with Crippen LogP contribution in [0, 0.1) is 0 Å². The van der Waals surface area contributed by atoms with Crippen molar-refractivity contribution in [2.75, 3.05) is 13.2 Å². The molecule has 0 radical (unpaired) electrons. The summed E-state index contributed by atoms with van der Waals surface area (Å²) in [5.74, 6) is -1.39. The molecule has 0 bridgehead atoms. The molecule has 7 nitrogen and oxygen atoms in total. The molecule has 0 atom stereocenters. The lowest BCUT2D eigenvalue weighted by atomic mass is 10.3. The van der Waals surface area contributed by atoms with Crippen molar-refractivity contribution in [2.45, 2.75) is 45.5 Å². The van der Waals surface area contributed by atoms with Gasteiger partial charge in [-0.15, -0.1) is 0 Å². The number of carbonyl (C=O) groups excluding carboxylic acids is 2. The van der Waals surface area contributed by atoms with E-state index in [9.17, 15) is 18.0 Å². The van der Waals surface area contributed by atoms with Gasteiger partial charge in [-0.2, -0.15) is 0 Å². The first kappa shape index (κ1) is 19.6. The van der Waals surface area contributed by atoms with Gasteiger partial charge < -0.3 is 9.47 Å². The zero-order valence-corrected chi connectivity index (χ0v) is 13.8. The van der Waals surface area contributed by atoms with Gasteiger partial charge in [0, 0.05) is 18.7 Å². The summed E-state index contributed by atoms with van der Waals surface area (Å²) in [4.78, 5) is 22.4. The first-order chi connectivity index (χ1) is 9.45. The van der Waals surface area contributed by atoms with Crippen LogP contribution in [0.4, 0.5) is 0 Å². The van der Waals surface area contributed by atoms with E-state index in [1.165, 1.54) is 0 Å². The van der Waals surface area contributed by atoms with Gasteiger partial charge in [0.2, 0.25) is 10.0 Å². The van der Waals surface area contributed by atoms with E-state index in [0.717, 1.165) is 12.2 Å². The summed E-state index contributed by atoms with van der Waals surface area (Å²) in [6.45, 7) is 7.89. The number of sulfonamides is 1. The van der Waals surface area contributed by atoms with Crippen molar-refractivity contribution in [2.24, 2.45) is 0 Å². The normalized spacial score (nSPS) is 12.7. The fourth-order valence-corrected chi connectivity index (χ4v) is 1.79. The van der Waals surface area contributed by atoms with E-state index in [1.54, 1.807) is 34.6 Å². The average molecular weight is 321 g/mol. The maximum Gasteiger partial charge on any atom is 0.331 e. The maximum atomic E-state index is 11.7. The molecule has 0 saturated carbocycles. The number of hydrogen-bond donors (Lipinski definition) is 1. The lowest BCUT2D eigenvalue weighted by Crippen LogP contribution is -2.40. The smallest absolute Gasteiger partial charge is 0.331 e. The molecule has 0 unspecified atom stereocenters. The molecule has 0 aliphatic heterocycles. The Morgan fingerprint density at radius 3 is 2.14 bits per heavy atom. The number of nitrogens with one attached hydrogen (secondary N) is 1. The zero-order valence-electron chi connectivity index (χ0n) is 13.0. The molecule has 0 saturated heterocycles. The van der Waals surface area contributed by atoms with Crippen LogP contribution in [0.5, 0.6) is 0 Å². The SMILES string of the molecule is CC(C)OC(=O)/C=C/C(=O)OCCNS(=O)(=O)C(C)(C)C. The second-order valence-corrected chi connectivity index (χ2v) is 8.02. The molecule has 122 valence electrons. The molecule has 21 heavy (non-hydrogen) atoms. The standard InChI is InChI=1S/C13H23NO6S/c1-10(2)20-12(16)7-6-11(15)19-9-8-14-21(17,18)13(3,4)5/h6-7,10,14H,8-9H2,1-5H3/b7-6+. The lowest BCUT2D eigenvalue weighted by molar-refractivity contribution is -0.142. The number of carbonyl (C=O) groups is 2. The molecule has 0 amide bonds. The lowest BCUT2D eigenvalue weighted by Gasteiger charge is -2.19. The fraction of sp³-hybridized carbons (Fsp3) is 0.692. The molecular formula is C13H23NO6S. The van der Waals surface area contributed by atoms with Crippen LogP contribution in [0.1, 0.15) is 34.6 Å². The van der Waals surface area contributed by atoms with Crippen molar-refractivity contribution in [3.63, 3.8) is 0 Å². The van der Waals surface area contributed by atoms with Crippen LogP contribution < -0.4 is 4.72 Å². The second kappa shape index (κ2) is 8.14. The first-order valence-electron chi connectivity index (χ1n) is 6.50. The van der Waals surface area contributed by atoms with Gasteiger partial charge in [-0.1, -0.05) is 0 Å². The largest absolute Gasteiger partial charge is 0.461 e. The van der Waals surface area contributed by atoms with Crippen molar-refractivity contribution >= 4 is 22.0 Å². The molecule has 0 aromatic carbocycles. The van der Waals surface area contributed by atoms with Gasteiger partial charge in [0.25, 0.3) is 0 Å². The zero-order chi connectivity index (χ0) is 16.7. The highest BCUT2D eigenvalue weighted by Crippen LogP contribution is 2.12. The van der Waals surface area contributed by atoms with Gasteiger partial charge in [-0.25, -0.2) is 22.7 Å². The van der Waals surface area contributed by atoms with Crippen LogP contribution in [-0.2, 0) is 29.1 Å². The van der Waals surface area contributed by atoms with E-state index < -0.39 is 26.7 Å². The van der Waals surface area contributed by atoms with Crippen molar-refractivity contribution < 1.29 is 27.5 Å². The highest BCUT2D eigenvalue weighted by molar-refractivity contribution is 7.90. The Labute approximate surface area is 125 Å². The predicted molar refractivity (Wildman–Crippen MR) is 78.0 cm³/mol. The topological polar surface area (TPSA) is 98.8 Å². The summed E-state index contributed by atoms with van der Waals surface area (Å²) in [6.07, 6.45) is 1.62. The van der Waals surface area contributed by atoms with Gasteiger partial charge in [-0.3, -0.25) is 0 Å². The third kappa shape index (κ3) is 8.46. The molecule has 0 heterocycles. The van der Waals surface area contributed by atoms with Crippen LogP contribution in [0.25, 0.3) is 0 Å². The third-order valence-corrected chi connectivity index (χ3v) is 4.35. The molecule has 0 aliphatic rings. The van der Waals surface area contributed by atoms with Crippen molar-refractivity contribution in [1.82, 2.24) is 4.72 Å². The molecule has 0 fully saturated rings. The second-order valence-electron chi connectivity index (χ2n) is 5.50. The summed E-state index contributed by atoms with van der Waals surface area (Å²) in [5.41, 5.74) is 0. The van der Waals surface area contributed by atoms with Gasteiger partial charge >= 0.3 is 11.9 Å². The van der Waals surface area contributed by atoms with E-state index in [1.807, 2.05) is 0 Å². The minimum atomic E-state index is -3.47. The molecule has 0 aromatic heterocycles. The number of ether oxygens (including phenoxy) is 2. The minimum absolute atomic E-state index is 0.0321. The van der Waals surface area contributed by atoms with E-state index in [-0.39, 0.29) is 19.3 Å². The summed E-state index contributed by atoms with van der Waals surface area (Å²) >= 11 is 0. The molecular weight excluding hydrogens is 298 g/mol. The Morgan fingerprint density at radius 1 is 1.14 bits per heavy atom. The van der Waals surface area contributed by atoms with Gasteiger partial charge in [0.05, 0.1) is 10.9 Å². The van der Waals surface area contributed by atoms with E-state index in [0.29, 0.717) is 0 Å². The molecule has 0 aliphatic carbocycles. The fourth-order valence-electron chi connectivity index (χ4n) is 1.000. The summed E-state index contributed by atoms with van der Waals surface area (Å²) in [5, 5.41) is 0. The molecule has 8 heteroatoms. The Morgan fingerprint density at radius 2 is 1.67 bits per heavy atom. The predicted octanol–water partition coefficient (Wildman–Crippen LogP) is 0.755. The molecule has 1 N–H and O–H groups in total. The number of esters is 2. The number of hydrogen-bond acceptors (Lipinski definition) is 6. The monoisotopic (exact) mass is 321 g/mol. The maximum absolute atomic E-state index is 11.7. The number of rotatable bonds is 7. The van der Waals surface area contributed by atoms with Gasteiger partial charge in [0.1, 0.15) is 6.61 Å². The molecule has 0 rings (SSSR count). The minimum Gasteiger partial charge on any atom is -0.461 e. The van der Waals surface area contributed by atoms with Gasteiger partial charge in [0.15, 0.2) is 0 Å². The Hall–Kier alpha value is -1.41. The third-order valence-electron chi connectivity index (χ3n) is 2.15. The van der Waals surface area contributed by atoms with E-state index in [4.69, 9.17) is 9.47 Å². The van der Waals surface area contributed by atoms with Crippen LogP contribution in [-0.4, -0.2) is 44.4 Å². The Bertz CT molecular complexity index is 487. The summed E-state index contributed by atoms with van der Waals surface area (Å²) < 4.78 is 34.3. The van der Waals surface area contributed by atoms with Crippen molar-refractivity contribution in [3.8, 4) is 0 Å². The quantitative estimate of drug-likeness (QED) is 0.422. The van der Waals surface area contributed by atoms with E-state index >= 15 is 0 Å². The highest BCUT2D eigenvalue weighted by atomic mass is 32.2. The molecule has 0 aromatic rings. The van der Waals surface area contributed by atoms with Crippen LogP contribution >= 0.6 is 0 Å². The van der Waals surface area contributed by atoms with Crippen molar-refractivity contribution in [3.05, 3.63) is 12.2 Å². The summed E-state index contributed by atoms with van der Waals surface area (Å²) in [7, 11) is -3.47. The summed E-state index contributed by atoms with van der Waals surface area (Å²) in [6, 6.07) is 0. The van der Waals surface area contributed by atoms with E-state index in [2.05, 4.69) is 4.72 Å². The first-order valence-corrected chi connectivity index (χ1v) is 7.98. The Kier molecular flexibility index (Phi) is 7.59. The van der Waals surface area contributed by atoms with Crippen LogP contribution in [0.3, 0.4) is 0 Å². The van der Waals surface area contributed by atoms with Gasteiger partial charge in [-0.05, 0) is 34.6 Å². The van der Waals surface area contributed by atoms with Crippen molar-refractivity contribution in [1.29, 1.82) is 0 Å². The van der Waals surface area contributed by atoms with Crippen LogP contribution in [0.2, 0.25) is 0 Å². The molecule has 0 spiro atoms. The average Bonchev–Trinajstić information content (AvgIpc) is 2.30. The van der Waals surface area contributed by atoms with Crippen LogP contribution in [0.15, 0.2) is 12.2 Å². The highest BCUT2D eigenvalue weighted by Gasteiger charge is 2.28. The Balaban J connectivity index is 4.07.